The van der Waals surface area contributed by atoms with E-state index in [2.05, 4.69) is 19.2 Å². The smallest absolute Gasteiger partial charge is 0.264 e. The van der Waals surface area contributed by atoms with Crippen molar-refractivity contribution in [2.75, 3.05) is 17.4 Å². The standard InChI is InChI=1S/C24H31ClN2O4S/c1-4-6-7-18(5-2)15-26-24(28)23-16-27(21-14-19(25)10-13-22(21)31-23)32(29,30)20-11-8-17(3)9-12-20/h8-14,18,23H,4-7,15-16H2,1-3H3,(H,26,28)/t18-,23+/m1/s1. The lowest BCUT2D eigenvalue weighted by Gasteiger charge is -2.35. The van der Waals surface area contributed by atoms with E-state index in [9.17, 15) is 13.2 Å². The number of ether oxygens (including phenoxy) is 1. The Morgan fingerprint density at radius 3 is 2.59 bits per heavy atom. The van der Waals surface area contributed by atoms with Crippen LogP contribution >= 0.6 is 11.6 Å². The minimum atomic E-state index is -3.91. The topological polar surface area (TPSA) is 75.7 Å². The van der Waals surface area contributed by atoms with Gasteiger partial charge in [-0.25, -0.2) is 8.42 Å². The molecule has 1 amide bonds. The van der Waals surface area contributed by atoms with Gasteiger partial charge in [0.2, 0.25) is 0 Å². The van der Waals surface area contributed by atoms with Crippen molar-refractivity contribution in [1.29, 1.82) is 0 Å². The van der Waals surface area contributed by atoms with Crippen molar-refractivity contribution < 1.29 is 17.9 Å². The first-order valence-corrected chi connectivity index (χ1v) is 12.9. The fourth-order valence-corrected chi connectivity index (χ4v) is 5.36. The Hall–Kier alpha value is -2.25. The molecule has 0 bridgehead atoms. The van der Waals surface area contributed by atoms with E-state index in [0.717, 1.165) is 31.2 Å². The molecule has 0 spiro atoms. The van der Waals surface area contributed by atoms with Crippen molar-refractivity contribution in [3.05, 3.63) is 53.1 Å². The number of sulfonamides is 1. The van der Waals surface area contributed by atoms with Crippen molar-refractivity contribution in [1.82, 2.24) is 5.32 Å². The summed E-state index contributed by atoms with van der Waals surface area (Å²) in [6, 6.07) is 11.4. The van der Waals surface area contributed by atoms with E-state index in [1.54, 1.807) is 42.5 Å². The number of amides is 1. The van der Waals surface area contributed by atoms with Crippen LogP contribution in [0.3, 0.4) is 0 Å². The number of hydrogen-bond donors (Lipinski definition) is 1. The number of unbranched alkanes of at least 4 members (excludes halogenated alkanes) is 1. The second-order valence-electron chi connectivity index (χ2n) is 8.23. The van der Waals surface area contributed by atoms with Gasteiger partial charge in [-0.05, 0) is 49.6 Å². The predicted molar refractivity (Wildman–Crippen MR) is 128 cm³/mol. The maximum Gasteiger partial charge on any atom is 0.264 e. The van der Waals surface area contributed by atoms with Gasteiger partial charge in [-0.2, -0.15) is 0 Å². The molecular formula is C24H31ClN2O4S. The van der Waals surface area contributed by atoms with Crippen LogP contribution < -0.4 is 14.4 Å². The number of nitrogens with zero attached hydrogens (tertiary/aromatic N) is 1. The summed E-state index contributed by atoms with van der Waals surface area (Å²) in [5.74, 6) is 0.389. The van der Waals surface area contributed by atoms with Gasteiger partial charge in [-0.1, -0.05) is 62.4 Å². The molecular weight excluding hydrogens is 448 g/mol. The van der Waals surface area contributed by atoms with Gasteiger partial charge in [-0.15, -0.1) is 0 Å². The third-order valence-electron chi connectivity index (χ3n) is 5.80. The molecule has 2 atom stereocenters. The molecule has 0 aliphatic carbocycles. The Labute approximate surface area is 196 Å². The molecule has 2 aromatic rings. The summed E-state index contributed by atoms with van der Waals surface area (Å²) in [6.45, 7) is 6.58. The van der Waals surface area contributed by atoms with Gasteiger partial charge >= 0.3 is 0 Å². The first-order chi connectivity index (χ1) is 15.3. The summed E-state index contributed by atoms with van der Waals surface area (Å²) in [4.78, 5) is 13.1. The highest BCUT2D eigenvalue weighted by Gasteiger charge is 2.37. The molecule has 3 rings (SSSR count). The number of anilines is 1. The summed E-state index contributed by atoms with van der Waals surface area (Å²) in [5, 5.41) is 3.35. The summed E-state index contributed by atoms with van der Waals surface area (Å²) >= 11 is 6.14. The maximum absolute atomic E-state index is 13.5. The molecule has 0 saturated heterocycles. The normalized spacial score (nSPS) is 16.8. The number of aryl methyl sites for hydroxylation is 1. The number of fused-ring (bicyclic) bond motifs is 1. The minimum absolute atomic E-state index is 0.124. The van der Waals surface area contributed by atoms with Crippen LogP contribution in [-0.4, -0.2) is 33.5 Å². The van der Waals surface area contributed by atoms with Crippen LogP contribution in [-0.2, 0) is 14.8 Å². The highest BCUT2D eigenvalue weighted by molar-refractivity contribution is 7.92. The lowest BCUT2D eigenvalue weighted by Crippen LogP contribution is -2.51. The lowest BCUT2D eigenvalue weighted by molar-refractivity contribution is -0.127. The van der Waals surface area contributed by atoms with E-state index in [-0.39, 0.29) is 17.3 Å². The number of rotatable bonds is 9. The van der Waals surface area contributed by atoms with E-state index in [4.69, 9.17) is 16.3 Å². The van der Waals surface area contributed by atoms with Gasteiger partial charge in [0.1, 0.15) is 5.75 Å². The number of nitrogens with one attached hydrogen (secondary N) is 1. The van der Waals surface area contributed by atoms with Crippen molar-refractivity contribution in [2.24, 2.45) is 5.92 Å². The minimum Gasteiger partial charge on any atom is -0.476 e. The van der Waals surface area contributed by atoms with E-state index in [1.807, 2.05) is 6.92 Å². The Kier molecular flexibility index (Phi) is 8.06. The van der Waals surface area contributed by atoms with Crippen molar-refractivity contribution in [2.45, 2.75) is 57.5 Å². The third kappa shape index (κ3) is 5.56. The summed E-state index contributed by atoms with van der Waals surface area (Å²) in [6.07, 6.45) is 3.30. The molecule has 0 saturated carbocycles. The third-order valence-corrected chi connectivity index (χ3v) is 7.83. The largest absolute Gasteiger partial charge is 0.476 e. The van der Waals surface area contributed by atoms with Crippen LogP contribution in [0.2, 0.25) is 5.02 Å². The highest BCUT2D eigenvalue weighted by Crippen LogP contribution is 2.38. The van der Waals surface area contributed by atoms with E-state index < -0.39 is 16.1 Å². The molecule has 6 nitrogen and oxygen atoms in total. The Balaban J connectivity index is 1.85. The lowest BCUT2D eigenvalue weighted by atomic mass is 9.99. The Morgan fingerprint density at radius 2 is 1.94 bits per heavy atom. The predicted octanol–water partition coefficient (Wildman–Crippen LogP) is 4.94. The molecule has 32 heavy (non-hydrogen) atoms. The monoisotopic (exact) mass is 478 g/mol. The molecule has 0 fully saturated rings. The van der Waals surface area contributed by atoms with Gasteiger partial charge in [0, 0.05) is 11.6 Å². The van der Waals surface area contributed by atoms with Crippen LogP contribution in [0.15, 0.2) is 47.4 Å². The number of carbonyl (C=O) groups is 1. The molecule has 1 aliphatic heterocycles. The van der Waals surface area contributed by atoms with Gasteiger partial charge in [0.25, 0.3) is 15.9 Å². The molecule has 0 radical (unpaired) electrons. The van der Waals surface area contributed by atoms with E-state index in [1.165, 1.54) is 4.31 Å². The highest BCUT2D eigenvalue weighted by atomic mass is 35.5. The zero-order valence-corrected chi connectivity index (χ0v) is 20.4. The summed E-state index contributed by atoms with van der Waals surface area (Å²) in [7, 11) is -3.91. The SMILES string of the molecule is CCCC[C@@H](CC)CNC(=O)[C@@H]1CN(S(=O)(=O)c2ccc(C)cc2)c2cc(Cl)ccc2O1. The molecule has 0 aromatic heterocycles. The quantitative estimate of drug-likeness (QED) is 0.554. The second-order valence-corrected chi connectivity index (χ2v) is 10.5. The number of carbonyl (C=O) groups excluding carboxylic acids is 1. The molecule has 1 N–H and O–H groups in total. The van der Waals surface area contributed by atoms with Crippen LogP contribution in [0.4, 0.5) is 5.69 Å². The molecule has 1 aliphatic rings. The van der Waals surface area contributed by atoms with Gasteiger partial charge in [-0.3, -0.25) is 9.10 Å². The Morgan fingerprint density at radius 1 is 1.22 bits per heavy atom. The molecule has 1 heterocycles. The fraction of sp³-hybridized carbons (Fsp3) is 0.458. The zero-order valence-electron chi connectivity index (χ0n) is 18.8. The average molecular weight is 479 g/mol. The van der Waals surface area contributed by atoms with E-state index in [0.29, 0.717) is 28.9 Å². The van der Waals surface area contributed by atoms with Crippen LogP contribution in [0.1, 0.15) is 45.1 Å². The van der Waals surface area contributed by atoms with Crippen LogP contribution in [0, 0.1) is 12.8 Å². The van der Waals surface area contributed by atoms with Gasteiger partial charge in [0.05, 0.1) is 17.1 Å². The number of halogens is 1. The van der Waals surface area contributed by atoms with Crippen LogP contribution in [0.25, 0.3) is 0 Å². The van der Waals surface area contributed by atoms with E-state index >= 15 is 0 Å². The molecule has 2 aromatic carbocycles. The van der Waals surface area contributed by atoms with Gasteiger partial charge in [0.15, 0.2) is 6.10 Å². The first kappa shape index (κ1) is 24.4. The maximum atomic E-state index is 13.5. The van der Waals surface area contributed by atoms with Crippen LogP contribution in [0.5, 0.6) is 5.75 Å². The number of hydrogen-bond acceptors (Lipinski definition) is 4. The zero-order chi connectivity index (χ0) is 23.3. The van der Waals surface area contributed by atoms with Crippen molar-refractivity contribution >= 4 is 33.2 Å². The average Bonchev–Trinajstić information content (AvgIpc) is 2.78. The Bertz CT molecular complexity index is 1040. The molecule has 0 unspecified atom stereocenters. The summed E-state index contributed by atoms with van der Waals surface area (Å²) < 4.78 is 34.1. The van der Waals surface area contributed by atoms with Crippen molar-refractivity contribution in [3.63, 3.8) is 0 Å². The van der Waals surface area contributed by atoms with Crippen molar-refractivity contribution in [3.8, 4) is 5.75 Å². The first-order valence-electron chi connectivity index (χ1n) is 11.1. The number of benzene rings is 2. The second kappa shape index (κ2) is 10.6. The summed E-state index contributed by atoms with van der Waals surface area (Å²) in [5.41, 5.74) is 1.29. The molecule has 8 heteroatoms. The van der Waals surface area contributed by atoms with Gasteiger partial charge < -0.3 is 10.1 Å². The fourth-order valence-electron chi connectivity index (χ4n) is 3.73. The molecule has 174 valence electrons.